The molecule has 0 aromatic carbocycles. The quantitative estimate of drug-likeness (QED) is 0.610. The Morgan fingerprint density at radius 2 is 2.00 bits per heavy atom. The highest BCUT2D eigenvalue weighted by Gasteiger charge is 2.13. The van der Waals surface area contributed by atoms with Gasteiger partial charge in [-0.3, -0.25) is 0 Å². The summed E-state index contributed by atoms with van der Waals surface area (Å²) in [7, 11) is 0. The lowest BCUT2D eigenvalue weighted by Gasteiger charge is -2.09. The van der Waals surface area contributed by atoms with E-state index < -0.39 is 1.61 Å². The van der Waals surface area contributed by atoms with Crippen LogP contribution in [0.1, 0.15) is 19.8 Å². The van der Waals surface area contributed by atoms with Gasteiger partial charge in [-0.25, -0.2) is 0 Å². The first-order valence-electron chi connectivity index (χ1n) is 2.16. The second-order valence-corrected chi connectivity index (χ2v) is 7.05. The first kappa shape index (κ1) is 8.42. The van der Waals surface area contributed by atoms with Gasteiger partial charge in [0.25, 0.3) is 0 Å². The minimum Gasteiger partial charge on any atom is -0.371 e. The predicted octanol–water partition coefficient (Wildman–Crippen LogP) is 2.30. The van der Waals surface area contributed by atoms with Crippen LogP contribution in [0.2, 0.25) is 0 Å². The zero-order valence-electron chi connectivity index (χ0n) is 4.12. The summed E-state index contributed by atoms with van der Waals surface area (Å²) in [6.45, 7) is 2.06. The van der Waals surface area contributed by atoms with Crippen LogP contribution in [0.5, 0.6) is 0 Å². The van der Waals surface area contributed by atoms with Gasteiger partial charge in [0.15, 0.2) is 1.61 Å². The molecule has 0 aliphatic rings. The minimum atomic E-state index is -0.510. The highest BCUT2D eigenvalue weighted by Crippen LogP contribution is 2.28. The average molecular weight is 326 g/mol. The minimum absolute atomic E-state index is 0.510. The van der Waals surface area contributed by atoms with Crippen molar-refractivity contribution in [3.8, 4) is 0 Å². The van der Waals surface area contributed by atoms with Gasteiger partial charge < -0.3 is 5.11 Å². The Bertz CT molecular complexity index is 48.1. The lowest BCUT2D eigenvalue weighted by molar-refractivity contribution is 0.252. The topological polar surface area (TPSA) is 20.2 Å². The summed E-state index contributed by atoms with van der Waals surface area (Å²) in [5, 5.41) is 8.99. The van der Waals surface area contributed by atoms with Gasteiger partial charge in [0.2, 0.25) is 0 Å². The van der Waals surface area contributed by atoms with Crippen molar-refractivity contribution in [2.45, 2.75) is 21.4 Å². The van der Waals surface area contributed by atoms with E-state index in [1.165, 1.54) is 0 Å². The molecule has 0 saturated heterocycles. The number of alkyl halides is 2. The maximum atomic E-state index is 8.99. The van der Waals surface area contributed by atoms with E-state index in [0.29, 0.717) is 0 Å². The van der Waals surface area contributed by atoms with Gasteiger partial charge in [0.1, 0.15) is 0 Å². The molecular weight excluding hydrogens is 318 g/mol. The van der Waals surface area contributed by atoms with Gasteiger partial charge in [0.05, 0.1) is 0 Å². The van der Waals surface area contributed by atoms with Crippen LogP contribution in [-0.4, -0.2) is 6.72 Å². The second-order valence-electron chi connectivity index (χ2n) is 1.42. The van der Waals surface area contributed by atoms with Gasteiger partial charge in [-0.2, -0.15) is 0 Å². The Kier molecular flexibility index (Phi) is 4.15. The van der Waals surface area contributed by atoms with E-state index in [2.05, 4.69) is 6.92 Å². The molecule has 7 heavy (non-hydrogen) atoms. The molecule has 44 valence electrons. The lowest BCUT2D eigenvalue weighted by atomic mass is 10.4. The summed E-state index contributed by atoms with van der Waals surface area (Å²) in [5.41, 5.74) is 0. The van der Waals surface area contributed by atoms with Crippen molar-refractivity contribution >= 4 is 45.2 Å². The Morgan fingerprint density at radius 1 is 1.57 bits per heavy atom. The number of aliphatic hydroxyl groups is 1. The van der Waals surface area contributed by atoms with Crippen molar-refractivity contribution in [2.24, 2.45) is 0 Å². The van der Waals surface area contributed by atoms with Gasteiger partial charge in [0, 0.05) is 0 Å². The SMILES string of the molecule is CCCC(O)(I)I. The average Bonchev–Trinajstić information content (AvgIpc) is 1.30. The van der Waals surface area contributed by atoms with E-state index in [0.717, 1.165) is 12.8 Å². The van der Waals surface area contributed by atoms with Gasteiger partial charge >= 0.3 is 0 Å². The van der Waals surface area contributed by atoms with E-state index in [9.17, 15) is 0 Å². The Labute approximate surface area is 71.2 Å². The normalized spacial score (nSPS) is 12.0. The van der Waals surface area contributed by atoms with Crippen LogP contribution in [0, 0.1) is 0 Å². The zero-order chi connectivity index (χ0) is 5.91. The molecule has 0 heterocycles. The van der Waals surface area contributed by atoms with E-state index in [-0.39, 0.29) is 0 Å². The predicted molar refractivity (Wildman–Crippen MR) is 47.9 cm³/mol. The molecule has 0 unspecified atom stereocenters. The molecule has 0 fully saturated rings. The maximum absolute atomic E-state index is 8.99. The number of rotatable bonds is 2. The fourth-order valence-electron chi connectivity index (χ4n) is 0.301. The fraction of sp³-hybridized carbons (Fsp3) is 1.00. The zero-order valence-corrected chi connectivity index (χ0v) is 8.43. The second kappa shape index (κ2) is 3.45. The summed E-state index contributed by atoms with van der Waals surface area (Å²) in [6, 6.07) is 0. The molecule has 0 rings (SSSR count). The molecule has 0 atom stereocenters. The molecule has 0 radical (unpaired) electrons. The molecule has 0 aromatic rings. The Hall–Kier alpha value is 1.42. The summed E-state index contributed by atoms with van der Waals surface area (Å²) in [5.74, 6) is 0. The molecule has 0 bridgehead atoms. The molecular formula is C4H8I2O. The first-order valence-corrected chi connectivity index (χ1v) is 4.32. The van der Waals surface area contributed by atoms with E-state index in [4.69, 9.17) is 5.11 Å². The first-order chi connectivity index (χ1) is 3.06. The van der Waals surface area contributed by atoms with Crippen molar-refractivity contribution in [3.63, 3.8) is 0 Å². The van der Waals surface area contributed by atoms with Crippen LogP contribution < -0.4 is 0 Å². The van der Waals surface area contributed by atoms with E-state index in [1.807, 2.05) is 45.2 Å². The lowest BCUT2D eigenvalue weighted by Crippen LogP contribution is -2.06. The van der Waals surface area contributed by atoms with Crippen LogP contribution in [0.3, 0.4) is 0 Å². The number of hydrogen-bond donors (Lipinski definition) is 1. The van der Waals surface area contributed by atoms with Crippen molar-refractivity contribution in [1.29, 1.82) is 0 Å². The molecule has 0 saturated carbocycles. The fourth-order valence-corrected chi connectivity index (χ4v) is 1.38. The maximum Gasteiger partial charge on any atom is 0.166 e. The van der Waals surface area contributed by atoms with Crippen LogP contribution >= 0.6 is 45.2 Å². The molecule has 0 amide bonds. The summed E-state index contributed by atoms with van der Waals surface area (Å²) in [4.78, 5) is 0. The van der Waals surface area contributed by atoms with Crippen LogP contribution in [0.25, 0.3) is 0 Å². The summed E-state index contributed by atoms with van der Waals surface area (Å²) >= 11 is 4.04. The standard InChI is InChI=1S/C4H8I2O/c1-2-3-4(5,6)7/h7H,2-3H2,1H3. The number of halogens is 2. The summed E-state index contributed by atoms with van der Waals surface area (Å²) < 4.78 is -0.510. The van der Waals surface area contributed by atoms with E-state index >= 15 is 0 Å². The largest absolute Gasteiger partial charge is 0.371 e. The molecule has 0 aliphatic carbocycles. The highest BCUT2D eigenvalue weighted by molar-refractivity contribution is 14.2. The van der Waals surface area contributed by atoms with Crippen LogP contribution in [0.15, 0.2) is 0 Å². The van der Waals surface area contributed by atoms with Gasteiger partial charge in [-0.1, -0.05) is 13.3 Å². The molecule has 0 spiro atoms. The Balaban J connectivity index is 3.15. The number of hydrogen-bond acceptors (Lipinski definition) is 1. The monoisotopic (exact) mass is 326 g/mol. The van der Waals surface area contributed by atoms with Crippen LogP contribution in [0.4, 0.5) is 0 Å². The van der Waals surface area contributed by atoms with Gasteiger partial charge in [-0.05, 0) is 51.6 Å². The molecule has 1 nitrogen and oxygen atoms in total. The smallest absolute Gasteiger partial charge is 0.166 e. The van der Waals surface area contributed by atoms with Crippen molar-refractivity contribution in [3.05, 3.63) is 0 Å². The van der Waals surface area contributed by atoms with Crippen molar-refractivity contribution in [1.82, 2.24) is 0 Å². The third-order valence-corrected chi connectivity index (χ3v) is 1.63. The van der Waals surface area contributed by atoms with Crippen molar-refractivity contribution in [2.75, 3.05) is 0 Å². The summed E-state index contributed by atoms with van der Waals surface area (Å²) in [6.07, 6.45) is 1.91. The third kappa shape index (κ3) is 7.42. The van der Waals surface area contributed by atoms with Gasteiger partial charge in [-0.15, -0.1) is 0 Å². The third-order valence-electron chi connectivity index (χ3n) is 0.551. The van der Waals surface area contributed by atoms with Crippen molar-refractivity contribution < 1.29 is 5.11 Å². The molecule has 0 aliphatic heterocycles. The molecule has 1 N–H and O–H groups in total. The van der Waals surface area contributed by atoms with Crippen LogP contribution in [-0.2, 0) is 0 Å². The Morgan fingerprint density at radius 3 is 2.00 bits per heavy atom. The molecule has 3 heteroatoms. The van der Waals surface area contributed by atoms with E-state index in [1.54, 1.807) is 0 Å². The molecule has 0 aromatic heterocycles. The highest BCUT2D eigenvalue weighted by atomic mass is 127.